The van der Waals surface area contributed by atoms with E-state index in [-0.39, 0.29) is 5.91 Å². The minimum Gasteiger partial charge on any atom is -0.352 e. The Kier molecular flexibility index (Phi) is 4.56. The molecular formula is C20H21N3O. The number of fused-ring (bicyclic) bond motifs is 1. The zero-order chi connectivity index (χ0) is 17.1. The Morgan fingerprint density at radius 3 is 2.46 bits per heavy atom. The summed E-state index contributed by atoms with van der Waals surface area (Å²) in [4.78, 5) is 21.3. The van der Waals surface area contributed by atoms with Gasteiger partial charge in [0.25, 0.3) is 5.91 Å². The number of hydrogen-bond donors (Lipinski definition) is 1. The number of carbonyl (C=O) groups excluding carboxylic acids is 1. The average molecular weight is 319 g/mol. The number of hydrogen-bond acceptors (Lipinski definition) is 3. The summed E-state index contributed by atoms with van der Waals surface area (Å²) in [6.07, 6.45) is 0.819. The van der Waals surface area contributed by atoms with Crippen molar-refractivity contribution in [3.8, 4) is 0 Å². The van der Waals surface area contributed by atoms with E-state index < -0.39 is 0 Å². The fraction of sp³-hybridized carbons (Fsp3) is 0.250. The van der Waals surface area contributed by atoms with Gasteiger partial charge in [0.15, 0.2) is 0 Å². The normalized spacial score (nSPS) is 10.8. The Labute approximate surface area is 142 Å². The predicted molar refractivity (Wildman–Crippen MR) is 96.2 cm³/mol. The third-order valence-electron chi connectivity index (χ3n) is 4.12. The number of rotatable bonds is 4. The van der Waals surface area contributed by atoms with Gasteiger partial charge in [0.2, 0.25) is 0 Å². The summed E-state index contributed by atoms with van der Waals surface area (Å²) in [5.74, 6) is -0.0791. The summed E-state index contributed by atoms with van der Waals surface area (Å²) in [6.45, 7) is 6.55. The molecule has 2 aromatic carbocycles. The molecule has 0 bridgehead atoms. The van der Waals surface area contributed by atoms with Crippen LogP contribution in [0.4, 0.5) is 0 Å². The number of aryl methyl sites for hydroxylation is 3. The molecule has 0 saturated heterocycles. The lowest BCUT2D eigenvalue weighted by Crippen LogP contribution is -2.25. The number of nitrogens with zero attached hydrogens (tertiary/aromatic N) is 2. The van der Waals surface area contributed by atoms with E-state index in [0.29, 0.717) is 12.1 Å². The van der Waals surface area contributed by atoms with E-state index in [1.807, 2.05) is 26.0 Å². The van der Waals surface area contributed by atoms with Gasteiger partial charge in [-0.05, 0) is 51.0 Å². The molecule has 3 rings (SSSR count). The van der Waals surface area contributed by atoms with Gasteiger partial charge in [-0.2, -0.15) is 0 Å². The summed E-state index contributed by atoms with van der Waals surface area (Å²) in [7, 11) is 0. The highest BCUT2D eigenvalue weighted by molar-refractivity contribution is 5.97. The highest BCUT2D eigenvalue weighted by Crippen LogP contribution is 2.14. The minimum atomic E-state index is -0.0791. The second kappa shape index (κ2) is 6.79. The molecule has 0 aliphatic carbocycles. The molecular weight excluding hydrogens is 298 g/mol. The topological polar surface area (TPSA) is 54.9 Å². The van der Waals surface area contributed by atoms with Crippen LogP contribution in [0.25, 0.3) is 11.0 Å². The van der Waals surface area contributed by atoms with Crippen LogP contribution in [0.3, 0.4) is 0 Å². The van der Waals surface area contributed by atoms with Crippen molar-refractivity contribution in [3.05, 3.63) is 70.5 Å². The fourth-order valence-electron chi connectivity index (χ4n) is 2.66. The van der Waals surface area contributed by atoms with Crippen LogP contribution < -0.4 is 5.32 Å². The lowest BCUT2D eigenvalue weighted by atomic mass is 10.1. The Morgan fingerprint density at radius 2 is 1.71 bits per heavy atom. The Morgan fingerprint density at radius 1 is 0.958 bits per heavy atom. The first kappa shape index (κ1) is 16.1. The van der Waals surface area contributed by atoms with E-state index in [4.69, 9.17) is 0 Å². The van der Waals surface area contributed by atoms with Crippen LogP contribution in [0.2, 0.25) is 0 Å². The predicted octanol–water partition coefficient (Wildman–Crippen LogP) is 3.53. The van der Waals surface area contributed by atoms with Gasteiger partial charge in [0, 0.05) is 12.1 Å². The number of nitrogens with one attached hydrogen (secondary N) is 1. The van der Waals surface area contributed by atoms with Gasteiger partial charge in [-0.25, -0.2) is 9.97 Å². The second-order valence-electron chi connectivity index (χ2n) is 6.09. The van der Waals surface area contributed by atoms with Gasteiger partial charge in [-0.1, -0.05) is 29.8 Å². The summed E-state index contributed by atoms with van der Waals surface area (Å²) in [5, 5.41) is 2.97. The van der Waals surface area contributed by atoms with E-state index in [1.54, 1.807) is 12.1 Å². The van der Waals surface area contributed by atoms with E-state index in [1.165, 1.54) is 11.1 Å². The molecule has 0 aliphatic rings. The lowest BCUT2D eigenvalue weighted by Gasteiger charge is -2.07. The molecule has 0 unspecified atom stereocenters. The molecule has 1 N–H and O–H groups in total. The zero-order valence-electron chi connectivity index (χ0n) is 14.3. The molecule has 0 aliphatic heterocycles. The first-order valence-corrected chi connectivity index (χ1v) is 8.12. The zero-order valence-corrected chi connectivity index (χ0v) is 14.3. The maximum absolute atomic E-state index is 12.3. The Hall–Kier alpha value is -2.75. The van der Waals surface area contributed by atoms with Crippen molar-refractivity contribution in [3.63, 3.8) is 0 Å². The second-order valence-corrected chi connectivity index (χ2v) is 6.09. The third kappa shape index (κ3) is 3.59. The standard InChI is InChI=1S/C20H21N3O/c1-13-5-4-6-16(11-13)9-10-21-20(24)17-7-8-18-19(12-17)23-15(3)14(2)22-18/h4-8,11-12H,9-10H2,1-3H3,(H,21,24). The van der Waals surface area contributed by atoms with Crippen LogP contribution in [-0.4, -0.2) is 22.4 Å². The van der Waals surface area contributed by atoms with Gasteiger partial charge in [-0.3, -0.25) is 4.79 Å². The molecule has 0 fully saturated rings. The first-order valence-electron chi connectivity index (χ1n) is 8.12. The minimum absolute atomic E-state index is 0.0791. The number of amides is 1. The van der Waals surface area contributed by atoms with Crippen LogP contribution >= 0.6 is 0 Å². The third-order valence-corrected chi connectivity index (χ3v) is 4.12. The monoisotopic (exact) mass is 319 g/mol. The molecule has 0 radical (unpaired) electrons. The average Bonchev–Trinajstić information content (AvgIpc) is 2.55. The summed E-state index contributed by atoms with van der Waals surface area (Å²) < 4.78 is 0. The smallest absolute Gasteiger partial charge is 0.251 e. The van der Waals surface area contributed by atoms with Crippen LogP contribution in [0.15, 0.2) is 42.5 Å². The first-order chi connectivity index (χ1) is 11.5. The molecule has 24 heavy (non-hydrogen) atoms. The van der Waals surface area contributed by atoms with Gasteiger partial charge in [-0.15, -0.1) is 0 Å². The maximum atomic E-state index is 12.3. The highest BCUT2D eigenvalue weighted by atomic mass is 16.1. The van der Waals surface area contributed by atoms with E-state index in [0.717, 1.165) is 28.8 Å². The molecule has 1 heterocycles. The molecule has 4 nitrogen and oxygen atoms in total. The van der Waals surface area contributed by atoms with E-state index in [9.17, 15) is 4.79 Å². The maximum Gasteiger partial charge on any atom is 0.251 e. The molecule has 0 spiro atoms. The molecule has 4 heteroatoms. The molecule has 0 saturated carbocycles. The number of benzene rings is 2. The van der Waals surface area contributed by atoms with Crippen molar-refractivity contribution >= 4 is 16.9 Å². The van der Waals surface area contributed by atoms with Crippen molar-refractivity contribution in [1.29, 1.82) is 0 Å². The fourth-order valence-corrected chi connectivity index (χ4v) is 2.66. The summed E-state index contributed by atoms with van der Waals surface area (Å²) >= 11 is 0. The van der Waals surface area contributed by atoms with Gasteiger partial charge in [0.05, 0.1) is 22.4 Å². The van der Waals surface area contributed by atoms with Gasteiger partial charge < -0.3 is 5.32 Å². The van der Waals surface area contributed by atoms with Crippen LogP contribution in [-0.2, 0) is 6.42 Å². The van der Waals surface area contributed by atoms with Crippen molar-refractivity contribution in [1.82, 2.24) is 15.3 Å². The van der Waals surface area contributed by atoms with Gasteiger partial charge in [0.1, 0.15) is 0 Å². The molecule has 122 valence electrons. The Bertz CT molecular complexity index is 903. The number of aromatic nitrogens is 2. The van der Waals surface area contributed by atoms with Crippen LogP contribution in [0.1, 0.15) is 32.9 Å². The lowest BCUT2D eigenvalue weighted by molar-refractivity contribution is 0.0954. The van der Waals surface area contributed by atoms with Gasteiger partial charge >= 0.3 is 0 Å². The molecule has 1 aromatic heterocycles. The molecule has 1 amide bonds. The largest absolute Gasteiger partial charge is 0.352 e. The number of carbonyl (C=O) groups is 1. The molecule has 0 atom stereocenters. The van der Waals surface area contributed by atoms with Crippen molar-refractivity contribution < 1.29 is 4.79 Å². The van der Waals surface area contributed by atoms with Crippen LogP contribution in [0, 0.1) is 20.8 Å². The SMILES string of the molecule is Cc1cccc(CCNC(=O)c2ccc3nc(C)c(C)nc3c2)c1. The van der Waals surface area contributed by atoms with E-state index >= 15 is 0 Å². The van der Waals surface area contributed by atoms with E-state index in [2.05, 4.69) is 40.4 Å². The van der Waals surface area contributed by atoms with Crippen molar-refractivity contribution in [2.45, 2.75) is 27.2 Å². The molecule has 3 aromatic rings. The Balaban J connectivity index is 1.68. The summed E-state index contributed by atoms with van der Waals surface area (Å²) in [6, 6.07) is 13.8. The quantitative estimate of drug-likeness (QED) is 0.800. The van der Waals surface area contributed by atoms with Crippen molar-refractivity contribution in [2.75, 3.05) is 6.54 Å². The van der Waals surface area contributed by atoms with Crippen LogP contribution in [0.5, 0.6) is 0 Å². The summed E-state index contributed by atoms with van der Waals surface area (Å²) in [5.41, 5.74) is 6.45. The highest BCUT2D eigenvalue weighted by Gasteiger charge is 2.08. The van der Waals surface area contributed by atoms with Crippen molar-refractivity contribution in [2.24, 2.45) is 0 Å².